The third kappa shape index (κ3) is 2.62. The molecule has 0 spiro atoms. The van der Waals surface area contributed by atoms with Gasteiger partial charge in [0.15, 0.2) is 0 Å². The van der Waals surface area contributed by atoms with Crippen molar-refractivity contribution in [3.8, 4) is 0 Å². The van der Waals surface area contributed by atoms with Crippen LogP contribution in [0.1, 0.15) is 22.0 Å². The van der Waals surface area contributed by atoms with Gasteiger partial charge in [-0.1, -0.05) is 24.3 Å². The second kappa shape index (κ2) is 4.97. The number of carboxylic acid groups (broad SMARTS) is 1. The van der Waals surface area contributed by atoms with E-state index in [1.807, 2.05) is 0 Å². The molecule has 0 saturated carbocycles. The van der Waals surface area contributed by atoms with E-state index < -0.39 is 6.09 Å². The van der Waals surface area contributed by atoms with Crippen LogP contribution >= 0.6 is 0 Å². The van der Waals surface area contributed by atoms with Gasteiger partial charge in [-0.05, 0) is 5.56 Å². The molecule has 0 aromatic heterocycles. The predicted octanol–water partition coefficient (Wildman–Crippen LogP) is 1.55. The number of carbonyl (C=O) groups excluding carboxylic acids is 1. The average Bonchev–Trinajstić information content (AvgIpc) is 2.39. The zero-order valence-electron chi connectivity index (χ0n) is 9.20. The Kier molecular flexibility index (Phi) is 3.39. The Balaban J connectivity index is 2.10. The molecule has 1 aliphatic rings. The van der Waals surface area contributed by atoms with Gasteiger partial charge in [0.2, 0.25) is 0 Å². The lowest BCUT2D eigenvalue weighted by molar-refractivity contribution is -0.0232. The molecule has 1 fully saturated rings. The summed E-state index contributed by atoms with van der Waals surface area (Å²) < 4.78 is 5.52. The van der Waals surface area contributed by atoms with Crippen molar-refractivity contribution in [2.45, 2.75) is 6.10 Å². The van der Waals surface area contributed by atoms with Gasteiger partial charge in [-0.2, -0.15) is 0 Å². The molecule has 1 heterocycles. The number of amides is 1. The van der Waals surface area contributed by atoms with E-state index in [1.165, 1.54) is 4.90 Å². The van der Waals surface area contributed by atoms with Crippen LogP contribution in [0.2, 0.25) is 0 Å². The zero-order chi connectivity index (χ0) is 12.3. The normalized spacial score (nSPS) is 20.0. The number of hydrogen-bond donors (Lipinski definition) is 1. The number of rotatable bonds is 2. The Morgan fingerprint density at radius 2 is 2.12 bits per heavy atom. The van der Waals surface area contributed by atoms with Crippen LogP contribution in [0.15, 0.2) is 24.3 Å². The van der Waals surface area contributed by atoms with Crippen LogP contribution in [-0.2, 0) is 4.74 Å². The summed E-state index contributed by atoms with van der Waals surface area (Å²) in [6.45, 7) is 1.13. The van der Waals surface area contributed by atoms with Crippen molar-refractivity contribution in [2.24, 2.45) is 0 Å². The lowest BCUT2D eigenvalue weighted by Gasteiger charge is -2.31. The predicted molar refractivity (Wildman–Crippen MR) is 60.1 cm³/mol. The largest absolute Gasteiger partial charge is 0.465 e. The van der Waals surface area contributed by atoms with Crippen molar-refractivity contribution in [2.75, 3.05) is 19.7 Å². The highest BCUT2D eigenvalue weighted by molar-refractivity contribution is 5.74. The fraction of sp³-hybridized carbons (Fsp3) is 0.333. The maximum atomic E-state index is 10.9. The molecule has 1 N–H and O–H groups in total. The molecular weight excluding hydrogens is 222 g/mol. The molecule has 1 aromatic carbocycles. The molecule has 1 saturated heterocycles. The lowest BCUT2D eigenvalue weighted by atomic mass is 10.1. The summed E-state index contributed by atoms with van der Waals surface area (Å²) >= 11 is 0. The van der Waals surface area contributed by atoms with Gasteiger partial charge in [-0.25, -0.2) is 4.79 Å². The third-order valence-electron chi connectivity index (χ3n) is 2.78. The third-order valence-corrected chi connectivity index (χ3v) is 2.78. The Labute approximate surface area is 98.6 Å². The van der Waals surface area contributed by atoms with Crippen molar-refractivity contribution >= 4 is 12.4 Å². The van der Waals surface area contributed by atoms with Crippen molar-refractivity contribution in [1.82, 2.24) is 4.90 Å². The molecule has 90 valence electrons. The lowest BCUT2D eigenvalue weighted by Crippen LogP contribution is -2.41. The molecule has 0 radical (unpaired) electrons. The highest BCUT2D eigenvalue weighted by Gasteiger charge is 2.24. The van der Waals surface area contributed by atoms with Crippen molar-refractivity contribution < 1.29 is 19.4 Å². The number of ether oxygens (including phenoxy) is 1. The van der Waals surface area contributed by atoms with Crippen molar-refractivity contribution in [3.05, 3.63) is 35.4 Å². The van der Waals surface area contributed by atoms with Crippen LogP contribution in [0.4, 0.5) is 4.79 Å². The number of carbonyl (C=O) groups is 2. The highest BCUT2D eigenvalue weighted by atomic mass is 16.5. The fourth-order valence-electron chi connectivity index (χ4n) is 1.81. The summed E-state index contributed by atoms with van der Waals surface area (Å²) in [6, 6.07) is 6.98. The summed E-state index contributed by atoms with van der Waals surface area (Å²) in [5.41, 5.74) is 1.49. The van der Waals surface area contributed by atoms with E-state index in [9.17, 15) is 9.59 Å². The number of benzene rings is 1. The van der Waals surface area contributed by atoms with Gasteiger partial charge in [0.05, 0.1) is 13.2 Å². The molecule has 5 nitrogen and oxygen atoms in total. The number of hydrogen-bond acceptors (Lipinski definition) is 3. The number of morpholine rings is 1. The van der Waals surface area contributed by atoms with Crippen LogP contribution in [0, 0.1) is 0 Å². The maximum absolute atomic E-state index is 10.9. The molecule has 1 aliphatic heterocycles. The first kappa shape index (κ1) is 11.6. The maximum Gasteiger partial charge on any atom is 0.407 e. The Bertz CT molecular complexity index is 415. The minimum absolute atomic E-state index is 0.249. The summed E-state index contributed by atoms with van der Waals surface area (Å²) in [4.78, 5) is 22.7. The van der Waals surface area contributed by atoms with Crippen LogP contribution < -0.4 is 0 Å². The van der Waals surface area contributed by atoms with Gasteiger partial charge >= 0.3 is 6.09 Å². The van der Waals surface area contributed by atoms with E-state index in [2.05, 4.69) is 0 Å². The van der Waals surface area contributed by atoms with E-state index >= 15 is 0 Å². The molecule has 0 bridgehead atoms. The molecular formula is C12H13NO4. The van der Waals surface area contributed by atoms with Gasteiger partial charge in [0.25, 0.3) is 0 Å². The van der Waals surface area contributed by atoms with E-state index in [-0.39, 0.29) is 6.10 Å². The summed E-state index contributed by atoms with van der Waals surface area (Å²) in [5, 5.41) is 8.91. The van der Waals surface area contributed by atoms with Crippen LogP contribution in [-0.4, -0.2) is 42.1 Å². The average molecular weight is 235 g/mol. The van der Waals surface area contributed by atoms with Gasteiger partial charge < -0.3 is 14.7 Å². The second-order valence-electron chi connectivity index (χ2n) is 3.87. The number of aldehydes is 1. The Morgan fingerprint density at radius 3 is 2.71 bits per heavy atom. The minimum atomic E-state index is -0.928. The van der Waals surface area contributed by atoms with Crippen LogP contribution in [0.3, 0.4) is 0 Å². The van der Waals surface area contributed by atoms with Crippen molar-refractivity contribution in [1.29, 1.82) is 0 Å². The minimum Gasteiger partial charge on any atom is -0.465 e. The first-order valence-electron chi connectivity index (χ1n) is 5.35. The molecule has 1 unspecified atom stereocenters. The summed E-state index contributed by atoms with van der Waals surface area (Å²) in [7, 11) is 0. The number of nitrogens with zero attached hydrogens (tertiary/aromatic N) is 1. The SMILES string of the molecule is O=Cc1ccc(C2CN(C(=O)O)CCO2)cc1. The van der Waals surface area contributed by atoms with Gasteiger partial charge in [-0.15, -0.1) is 0 Å². The molecule has 1 atom stereocenters. The first-order valence-corrected chi connectivity index (χ1v) is 5.35. The second-order valence-corrected chi connectivity index (χ2v) is 3.87. The van der Waals surface area contributed by atoms with Gasteiger partial charge in [0, 0.05) is 12.1 Å². The van der Waals surface area contributed by atoms with E-state index in [1.54, 1.807) is 24.3 Å². The topological polar surface area (TPSA) is 66.8 Å². The molecule has 0 aliphatic carbocycles. The van der Waals surface area contributed by atoms with E-state index in [0.717, 1.165) is 11.8 Å². The van der Waals surface area contributed by atoms with Crippen molar-refractivity contribution in [3.63, 3.8) is 0 Å². The molecule has 1 amide bonds. The first-order chi connectivity index (χ1) is 8.20. The summed E-state index contributed by atoms with van der Waals surface area (Å²) in [6.07, 6.45) is -0.405. The fourth-order valence-corrected chi connectivity index (χ4v) is 1.81. The van der Waals surface area contributed by atoms with Gasteiger partial charge in [0.1, 0.15) is 12.4 Å². The smallest absolute Gasteiger partial charge is 0.407 e. The quantitative estimate of drug-likeness (QED) is 0.790. The molecule has 17 heavy (non-hydrogen) atoms. The van der Waals surface area contributed by atoms with E-state index in [4.69, 9.17) is 9.84 Å². The van der Waals surface area contributed by atoms with E-state index in [0.29, 0.717) is 25.3 Å². The van der Waals surface area contributed by atoms with Gasteiger partial charge in [-0.3, -0.25) is 4.79 Å². The standard InChI is InChI=1S/C12H13NO4/c14-8-9-1-3-10(4-2-9)11-7-13(12(15)16)5-6-17-11/h1-4,8,11H,5-7H2,(H,15,16). The monoisotopic (exact) mass is 235 g/mol. The van der Waals surface area contributed by atoms with Crippen LogP contribution in [0.25, 0.3) is 0 Å². The summed E-state index contributed by atoms with van der Waals surface area (Å²) in [5.74, 6) is 0. The molecule has 5 heteroatoms. The Hall–Kier alpha value is -1.88. The molecule has 2 rings (SSSR count). The van der Waals surface area contributed by atoms with Crippen LogP contribution in [0.5, 0.6) is 0 Å². The molecule has 1 aromatic rings. The highest BCUT2D eigenvalue weighted by Crippen LogP contribution is 2.22. The Morgan fingerprint density at radius 1 is 1.41 bits per heavy atom. The zero-order valence-corrected chi connectivity index (χ0v) is 9.20.